The molecule has 3 heterocycles. The highest BCUT2D eigenvalue weighted by Crippen LogP contribution is 2.30. The summed E-state index contributed by atoms with van der Waals surface area (Å²) < 4.78 is 21.7. The molecule has 0 atom stereocenters. The Morgan fingerprint density at radius 1 is 1.29 bits per heavy atom. The van der Waals surface area contributed by atoms with Gasteiger partial charge in [-0.25, -0.2) is 9.37 Å². The third kappa shape index (κ3) is 4.94. The Morgan fingerprint density at radius 3 is 2.77 bits per heavy atom. The maximum Gasteiger partial charge on any atom is 0.280 e. The Kier molecular flexibility index (Phi) is 6.64. The minimum Gasteiger partial charge on any atom is -0.379 e. The lowest BCUT2D eigenvalue weighted by atomic mass is 10.3. The summed E-state index contributed by atoms with van der Waals surface area (Å²) in [4.78, 5) is 22.1. The van der Waals surface area contributed by atoms with Crippen LogP contribution in [0.1, 0.15) is 42.5 Å². The van der Waals surface area contributed by atoms with Crippen molar-refractivity contribution in [1.29, 1.82) is 0 Å². The largest absolute Gasteiger partial charge is 0.379 e. The average molecular weight is 446 g/mol. The summed E-state index contributed by atoms with van der Waals surface area (Å²) in [6.07, 6.45) is 0.805. The quantitative estimate of drug-likeness (QED) is 0.552. The van der Waals surface area contributed by atoms with Gasteiger partial charge in [0.25, 0.3) is 5.91 Å². The van der Waals surface area contributed by atoms with Crippen LogP contribution >= 0.6 is 11.3 Å². The predicted molar refractivity (Wildman–Crippen MR) is 120 cm³/mol. The van der Waals surface area contributed by atoms with Gasteiger partial charge >= 0.3 is 0 Å². The van der Waals surface area contributed by atoms with E-state index in [0.29, 0.717) is 22.9 Å². The van der Waals surface area contributed by atoms with Gasteiger partial charge in [0.15, 0.2) is 10.8 Å². The third-order valence-electron chi connectivity index (χ3n) is 5.41. The summed E-state index contributed by atoms with van der Waals surface area (Å²) in [6.45, 7) is 10.7. The van der Waals surface area contributed by atoms with E-state index in [-0.39, 0.29) is 17.8 Å². The number of aromatic nitrogens is 3. The maximum absolute atomic E-state index is 13.7. The van der Waals surface area contributed by atoms with Crippen molar-refractivity contribution in [2.45, 2.75) is 33.2 Å². The number of anilines is 1. The Balaban J connectivity index is 1.59. The van der Waals surface area contributed by atoms with Gasteiger partial charge in [0, 0.05) is 37.9 Å². The van der Waals surface area contributed by atoms with Crippen molar-refractivity contribution in [2.24, 2.45) is 0 Å². The second-order valence-electron chi connectivity index (χ2n) is 8.08. The molecule has 166 valence electrons. The highest BCUT2D eigenvalue weighted by atomic mass is 32.1. The van der Waals surface area contributed by atoms with Gasteiger partial charge in [-0.15, -0.1) is 0 Å². The smallest absolute Gasteiger partial charge is 0.280 e. The highest BCUT2D eigenvalue weighted by Gasteiger charge is 2.25. The zero-order valence-electron chi connectivity index (χ0n) is 18.2. The molecule has 0 bridgehead atoms. The molecule has 31 heavy (non-hydrogen) atoms. The number of ether oxygens (including phenoxy) is 1. The molecule has 0 spiro atoms. The van der Waals surface area contributed by atoms with E-state index in [1.807, 2.05) is 31.5 Å². The number of hydrogen-bond acceptors (Lipinski definition) is 6. The molecule has 1 aliphatic rings. The number of nitrogens with zero attached hydrogens (tertiary/aromatic N) is 5. The van der Waals surface area contributed by atoms with Crippen molar-refractivity contribution in [1.82, 2.24) is 19.7 Å². The summed E-state index contributed by atoms with van der Waals surface area (Å²) >= 11 is 1.33. The first-order valence-corrected chi connectivity index (χ1v) is 11.5. The van der Waals surface area contributed by atoms with Crippen molar-refractivity contribution >= 4 is 32.6 Å². The van der Waals surface area contributed by atoms with E-state index in [1.54, 1.807) is 11.0 Å². The minimum atomic E-state index is -0.306. The molecule has 0 N–H and O–H groups in total. The molecule has 1 aromatic carbocycles. The summed E-state index contributed by atoms with van der Waals surface area (Å²) in [5.74, 6) is -0.483. The molecule has 0 radical (unpaired) electrons. The molecule has 4 rings (SSSR count). The van der Waals surface area contributed by atoms with E-state index in [1.165, 1.54) is 23.5 Å². The fraction of sp³-hybridized carbons (Fsp3) is 0.500. The van der Waals surface area contributed by atoms with Crippen LogP contribution in [0.15, 0.2) is 24.3 Å². The molecule has 7 nitrogen and oxygen atoms in total. The minimum absolute atomic E-state index is 0.168. The standard InChI is InChI=1S/C22H28FN5O2S/c1-15(2)28-16(3)13-19(25-28)21(29)27(8-4-7-26-9-11-30-12-10-26)22-24-18-6-5-17(23)14-20(18)31-22/h5-6,13-15H,4,7-12H2,1-3H3. The van der Waals surface area contributed by atoms with E-state index in [2.05, 4.69) is 15.0 Å². The van der Waals surface area contributed by atoms with Crippen molar-refractivity contribution in [3.8, 4) is 0 Å². The van der Waals surface area contributed by atoms with Gasteiger partial charge in [0.2, 0.25) is 0 Å². The number of rotatable bonds is 7. The molecule has 0 saturated carbocycles. The Bertz CT molecular complexity index is 1060. The SMILES string of the molecule is Cc1cc(C(=O)N(CCCN2CCOCC2)c2nc3ccc(F)cc3s2)nn1C(C)C. The first-order chi connectivity index (χ1) is 14.9. The van der Waals surface area contributed by atoms with Gasteiger partial charge in [-0.1, -0.05) is 11.3 Å². The maximum atomic E-state index is 13.7. The van der Waals surface area contributed by atoms with Crippen LogP contribution in [0.4, 0.5) is 9.52 Å². The van der Waals surface area contributed by atoms with Gasteiger partial charge < -0.3 is 4.74 Å². The summed E-state index contributed by atoms with van der Waals surface area (Å²) in [5.41, 5.74) is 2.04. The van der Waals surface area contributed by atoms with E-state index >= 15 is 0 Å². The van der Waals surface area contributed by atoms with Crippen LogP contribution in [0.5, 0.6) is 0 Å². The lowest BCUT2D eigenvalue weighted by Gasteiger charge is -2.27. The monoisotopic (exact) mass is 445 g/mol. The highest BCUT2D eigenvalue weighted by molar-refractivity contribution is 7.22. The lowest BCUT2D eigenvalue weighted by molar-refractivity contribution is 0.0376. The first kappa shape index (κ1) is 21.9. The van der Waals surface area contributed by atoms with E-state index in [4.69, 9.17) is 4.74 Å². The Morgan fingerprint density at radius 2 is 2.06 bits per heavy atom. The normalized spacial score (nSPS) is 15.1. The number of hydrogen-bond donors (Lipinski definition) is 0. The molecular weight excluding hydrogens is 417 g/mol. The molecular formula is C22H28FN5O2S. The average Bonchev–Trinajstić information content (AvgIpc) is 3.34. The summed E-state index contributed by atoms with van der Waals surface area (Å²) in [7, 11) is 0. The van der Waals surface area contributed by atoms with Crippen molar-refractivity contribution in [2.75, 3.05) is 44.3 Å². The molecule has 9 heteroatoms. The van der Waals surface area contributed by atoms with Crippen LogP contribution < -0.4 is 4.90 Å². The third-order valence-corrected chi connectivity index (χ3v) is 6.45. The number of aryl methyl sites for hydroxylation is 1. The van der Waals surface area contributed by atoms with Crippen molar-refractivity contribution in [3.05, 3.63) is 41.5 Å². The molecule has 1 amide bonds. The van der Waals surface area contributed by atoms with Crippen molar-refractivity contribution in [3.63, 3.8) is 0 Å². The second-order valence-corrected chi connectivity index (χ2v) is 9.09. The molecule has 0 aliphatic carbocycles. The Labute approximate surface area is 185 Å². The molecule has 1 saturated heterocycles. The molecule has 1 aliphatic heterocycles. The number of carbonyl (C=O) groups is 1. The Hall–Kier alpha value is -2.36. The van der Waals surface area contributed by atoms with Crippen molar-refractivity contribution < 1.29 is 13.9 Å². The van der Waals surface area contributed by atoms with Crippen LogP contribution in [0.2, 0.25) is 0 Å². The van der Waals surface area contributed by atoms with Crippen LogP contribution in [0.25, 0.3) is 10.2 Å². The zero-order valence-corrected chi connectivity index (χ0v) is 19.0. The van der Waals surface area contributed by atoms with E-state index in [0.717, 1.165) is 49.7 Å². The number of benzene rings is 1. The number of amides is 1. The van der Waals surface area contributed by atoms with E-state index in [9.17, 15) is 9.18 Å². The van der Waals surface area contributed by atoms with Gasteiger partial charge in [-0.3, -0.25) is 19.3 Å². The fourth-order valence-electron chi connectivity index (χ4n) is 3.82. The zero-order chi connectivity index (χ0) is 22.0. The number of carbonyl (C=O) groups excluding carboxylic acids is 1. The molecule has 3 aromatic rings. The number of morpholine rings is 1. The topological polar surface area (TPSA) is 63.5 Å². The second kappa shape index (κ2) is 9.42. The van der Waals surface area contributed by atoms with Crippen LogP contribution in [-0.2, 0) is 4.74 Å². The van der Waals surface area contributed by atoms with Crippen LogP contribution in [0.3, 0.4) is 0 Å². The van der Waals surface area contributed by atoms with E-state index < -0.39 is 0 Å². The predicted octanol–water partition coefficient (Wildman–Crippen LogP) is 3.89. The number of halogens is 1. The van der Waals surface area contributed by atoms with Gasteiger partial charge in [0.05, 0.1) is 23.4 Å². The van der Waals surface area contributed by atoms with Gasteiger partial charge in [0.1, 0.15) is 5.82 Å². The summed E-state index contributed by atoms with van der Waals surface area (Å²) in [5, 5.41) is 5.11. The molecule has 1 fully saturated rings. The van der Waals surface area contributed by atoms with Crippen LogP contribution in [0, 0.1) is 12.7 Å². The number of fused-ring (bicyclic) bond motifs is 1. The first-order valence-electron chi connectivity index (χ1n) is 10.7. The molecule has 0 unspecified atom stereocenters. The summed E-state index contributed by atoms with van der Waals surface area (Å²) in [6, 6.07) is 6.50. The fourth-order valence-corrected chi connectivity index (χ4v) is 4.83. The van der Waals surface area contributed by atoms with Gasteiger partial charge in [-0.2, -0.15) is 5.10 Å². The lowest BCUT2D eigenvalue weighted by Crippen LogP contribution is -2.39. The number of thiazole rings is 1. The van der Waals surface area contributed by atoms with Gasteiger partial charge in [-0.05, 0) is 51.5 Å². The molecule has 2 aromatic heterocycles. The van der Waals surface area contributed by atoms with Crippen LogP contribution in [-0.4, -0.2) is 65.0 Å².